The van der Waals surface area contributed by atoms with Gasteiger partial charge in [-0.05, 0) is 19.3 Å². The second-order valence-corrected chi connectivity index (χ2v) is 11.0. The minimum Gasteiger partial charge on any atom is -0.355 e. The van der Waals surface area contributed by atoms with Crippen molar-refractivity contribution in [1.82, 2.24) is 15.5 Å². The molecular weight excluding hydrogens is 483 g/mol. The van der Waals surface area contributed by atoms with Crippen LogP contribution in [0.1, 0.15) is 38.5 Å². The number of sulfone groups is 1. The number of hydrogen-bond donors (Lipinski definition) is 2. The van der Waals surface area contributed by atoms with E-state index < -0.39 is 9.84 Å². The molecule has 1 unspecified atom stereocenters. The van der Waals surface area contributed by atoms with Crippen molar-refractivity contribution >= 4 is 51.5 Å². The van der Waals surface area contributed by atoms with Crippen LogP contribution < -0.4 is 10.6 Å². The summed E-state index contributed by atoms with van der Waals surface area (Å²) in [5.41, 5.74) is 0.235. The van der Waals surface area contributed by atoms with Crippen molar-refractivity contribution < 1.29 is 8.42 Å². The minimum absolute atomic E-state index is 0. The van der Waals surface area contributed by atoms with Gasteiger partial charge in [-0.3, -0.25) is 9.89 Å². The van der Waals surface area contributed by atoms with Crippen LogP contribution in [0.15, 0.2) is 4.99 Å². The highest BCUT2D eigenvalue weighted by Gasteiger charge is 2.38. The van der Waals surface area contributed by atoms with Crippen molar-refractivity contribution in [3.05, 3.63) is 0 Å². The Morgan fingerprint density at radius 3 is 2.50 bits per heavy atom. The standard InChI is InChI=1S/C17H32N4O2S2.HI/c1-18-16(20-15-5-12-25(22,23)13-15)19-14-17(6-3-2-4-7-17)21-8-10-24-11-9-21;/h15H,2-14H2,1H3,(H2,18,19,20);1H. The van der Waals surface area contributed by atoms with Gasteiger partial charge >= 0.3 is 0 Å². The zero-order chi connectivity index (χ0) is 17.8. The van der Waals surface area contributed by atoms with Gasteiger partial charge in [-0.15, -0.1) is 24.0 Å². The molecule has 26 heavy (non-hydrogen) atoms. The van der Waals surface area contributed by atoms with Crippen LogP contribution in [0.4, 0.5) is 0 Å². The molecule has 0 spiro atoms. The van der Waals surface area contributed by atoms with E-state index in [4.69, 9.17) is 0 Å². The van der Waals surface area contributed by atoms with Gasteiger partial charge in [0.05, 0.1) is 11.5 Å². The quantitative estimate of drug-likeness (QED) is 0.337. The van der Waals surface area contributed by atoms with Crippen LogP contribution in [0, 0.1) is 0 Å². The third-order valence-electron chi connectivity index (χ3n) is 5.85. The Morgan fingerprint density at radius 2 is 1.92 bits per heavy atom. The van der Waals surface area contributed by atoms with E-state index in [1.807, 2.05) is 0 Å². The summed E-state index contributed by atoms with van der Waals surface area (Å²) < 4.78 is 23.3. The predicted octanol–water partition coefficient (Wildman–Crippen LogP) is 1.71. The van der Waals surface area contributed by atoms with Crippen LogP contribution in [0.2, 0.25) is 0 Å². The molecule has 1 atom stereocenters. The Morgan fingerprint density at radius 1 is 1.23 bits per heavy atom. The van der Waals surface area contributed by atoms with Crippen molar-refractivity contribution in [2.45, 2.75) is 50.1 Å². The minimum atomic E-state index is -2.87. The highest BCUT2D eigenvalue weighted by molar-refractivity contribution is 14.0. The molecule has 1 saturated carbocycles. The fourth-order valence-electron chi connectivity index (χ4n) is 4.40. The summed E-state index contributed by atoms with van der Waals surface area (Å²) in [5.74, 6) is 3.72. The Bertz CT molecular complexity index is 573. The molecule has 2 heterocycles. The lowest BCUT2D eigenvalue weighted by Crippen LogP contribution is -2.60. The van der Waals surface area contributed by atoms with E-state index >= 15 is 0 Å². The molecule has 0 aromatic rings. The van der Waals surface area contributed by atoms with E-state index in [2.05, 4.69) is 32.3 Å². The Labute approximate surface area is 179 Å². The van der Waals surface area contributed by atoms with Crippen LogP contribution in [0.3, 0.4) is 0 Å². The maximum Gasteiger partial charge on any atom is 0.191 e. The molecule has 3 rings (SSSR count). The molecule has 1 aliphatic carbocycles. The summed E-state index contributed by atoms with van der Waals surface area (Å²) in [5, 5.41) is 6.85. The van der Waals surface area contributed by atoms with Crippen LogP contribution in [0.5, 0.6) is 0 Å². The fourth-order valence-corrected chi connectivity index (χ4v) is 6.97. The van der Waals surface area contributed by atoms with Crippen molar-refractivity contribution in [1.29, 1.82) is 0 Å². The van der Waals surface area contributed by atoms with Gasteiger partial charge < -0.3 is 10.6 Å². The highest BCUT2D eigenvalue weighted by atomic mass is 127. The van der Waals surface area contributed by atoms with Gasteiger partial charge in [0.1, 0.15) is 0 Å². The van der Waals surface area contributed by atoms with Crippen molar-refractivity contribution in [2.75, 3.05) is 49.7 Å². The zero-order valence-corrected chi connectivity index (χ0v) is 19.7. The van der Waals surface area contributed by atoms with Crippen LogP contribution in [-0.2, 0) is 9.84 Å². The SMILES string of the molecule is CN=C(NCC1(N2CCSCC2)CCCCC1)NC1CCS(=O)(=O)C1.I. The van der Waals surface area contributed by atoms with Gasteiger partial charge in [-0.1, -0.05) is 19.3 Å². The number of aliphatic imine (C=N–C) groups is 1. The Balaban J connectivity index is 0.00000243. The topological polar surface area (TPSA) is 73.8 Å². The molecule has 6 nitrogen and oxygen atoms in total. The highest BCUT2D eigenvalue weighted by Crippen LogP contribution is 2.34. The summed E-state index contributed by atoms with van der Waals surface area (Å²) in [6.45, 7) is 3.26. The van der Waals surface area contributed by atoms with Crippen molar-refractivity contribution in [2.24, 2.45) is 4.99 Å². The largest absolute Gasteiger partial charge is 0.355 e. The number of rotatable bonds is 4. The molecule has 0 amide bonds. The van der Waals surface area contributed by atoms with Gasteiger partial charge in [0.15, 0.2) is 15.8 Å². The zero-order valence-electron chi connectivity index (χ0n) is 15.7. The average molecular weight is 517 g/mol. The second-order valence-electron chi connectivity index (χ2n) is 7.55. The number of halogens is 1. The maximum absolute atomic E-state index is 11.7. The molecule has 152 valence electrons. The number of nitrogens with zero attached hydrogens (tertiary/aromatic N) is 2. The van der Waals surface area contributed by atoms with Crippen LogP contribution in [-0.4, -0.2) is 80.6 Å². The lowest BCUT2D eigenvalue weighted by Gasteiger charge is -2.48. The van der Waals surface area contributed by atoms with Gasteiger partial charge in [0.2, 0.25) is 0 Å². The first-order valence-corrected chi connectivity index (χ1v) is 12.5. The number of hydrogen-bond acceptors (Lipinski definition) is 5. The normalized spacial score (nSPS) is 29.0. The molecule has 3 fully saturated rings. The molecule has 0 bridgehead atoms. The van der Waals surface area contributed by atoms with Crippen molar-refractivity contribution in [3.8, 4) is 0 Å². The number of nitrogens with one attached hydrogen (secondary N) is 2. The first-order chi connectivity index (χ1) is 12.0. The van der Waals surface area contributed by atoms with Crippen LogP contribution in [0.25, 0.3) is 0 Å². The molecule has 0 aromatic carbocycles. The number of thioether (sulfide) groups is 1. The summed E-state index contributed by atoms with van der Waals surface area (Å²) in [6, 6.07) is -0.00936. The van der Waals surface area contributed by atoms with E-state index in [1.165, 1.54) is 56.7 Å². The first kappa shape index (κ1) is 22.5. The predicted molar refractivity (Wildman–Crippen MR) is 122 cm³/mol. The third-order valence-corrected chi connectivity index (χ3v) is 8.56. The molecule has 2 aliphatic heterocycles. The van der Waals surface area contributed by atoms with Gasteiger partial charge in [0.25, 0.3) is 0 Å². The Kier molecular flexibility index (Phi) is 8.81. The molecule has 0 aromatic heterocycles. The molecule has 2 N–H and O–H groups in total. The van der Waals surface area contributed by atoms with Gasteiger partial charge in [0, 0.05) is 49.8 Å². The summed E-state index contributed by atoms with van der Waals surface area (Å²) in [6.07, 6.45) is 7.13. The lowest BCUT2D eigenvalue weighted by molar-refractivity contribution is 0.0625. The van der Waals surface area contributed by atoms with E-state index in [-0.39, 0.29) is 47.1 Å². The van der Waals surface area contributed by atoms with E-state index in [0.717, 1.165) is 12.5 Å². The third kappa shape index (κ3) is 5.88. The summed E-state index contributed by atoms with van der Waals surface area (Å²) in [4.78, 5) is 7.03. The Hall–Kier alpha value is 0.260. The smallest absolute Gasteiger partial charge is 0.191 e. The molecule has 3 aliphatic rings. The first-order valence-electron chi connectivity index (χ1n) is 9.53. The monoisotopic (exact) mass is 516 g/mol. The fraction of sp³-hybridized carbons (Fsp3) is 0.941. The van der Waals surface area contributed by atoms with Gasteiger partial charge in [-0.2, -0.15) is 11.8 Å². The lowest BCUT2D eigenvalue weighted by atomic mass is 9.80. The van der Waals surface area contributed by atoms with Crippen LogP contribution >= 0.6 is 35.7 Å². The van der Waals surface area contributed by atoms with Gasteiger partial charge in [-0.25, -0.2) is 8.42 Å². The molecule has 9 heteroatoms. The average Bonchev–Trinajstić information content (AvgIpc) is 2.98. The maximum atomic E-state index is 11.7. The molecular formula is C17H33IN4O2S2. The second kappa shape index (κ2) is 10.2. The van der Waals surface area contributed by atoms with Crippen molar-refractivity contribution in [3.63, 3.8) is 0 Å². The number of guanidine groups is 1. The summed E-state index contributed by atoms with van der Waals surface area (Å²) in [7, 11) is -1.10. The molecule has 0 radical (unpaired) electrons. The van der Waals surface area contributed by atoms with E-state index in [0.29, 0.717) is 6.42 Å². The summed E-state index contributed by atoms with van der Waals surface area (Å²) >= 11 is 2.06. The van der Waals surface area contributed by atoms with E-state index in [1.54, 1.807) is 7.05 Å². The molecule has 2 saturated heterocycles. The van der Waals surface area contributed by atoms with E-state index in [9.17, 15) is 8.42 Å².